The summed E-state index contributed by atoms with van der Waals surface area (Å²) in [6.07, 6.45) is 7.73. The highest BCUT2D eigenvalue weighted by molar-refractivity contribution is 5.45. The standard InChI is InChI=1S/C20H27N7/c1-25-19(15-26-9-3-2-4-10-26)23-24-20(25)17-6-11-27(12-7-17)18-13-16(14-21)5-8-22-18/h5,8,13,17H,2-4,6-7,9-12,15H2,1H3. The molecule has 0 unspecified atom stereocenters. The molecule has 2 aromatic rings. The molecule has 0 aromatic carbocycles. The van der Waals surface area contributed by atoms with Crippen molar-refractivity contribution in [1.82, 2.24) is 24.6 Å². The zero-order valence-corrected chi connectivity index (χ0v) is 16.0. The van der Waals surface area contributed by atoms with Gasteiger partial charge in [0.15, 0.2) is 0 Å². The van der Waals surface area contributed by atoms with E-state index in [2.05, 4.69) is 42.7 Å². The number of nitrogens with zero attached hydrogens (tertiary/aromatic N) is 7. The van der Waals surface area contributed by atoms with Gasteiger partial charge in [-0.1, -0.05) is 6.42 Å². The van der Waals surface area contributed by atoms with Crippen molar-refractivity contribution < 1.29 is 0 Å². The zero-order valence-electron chi connectivity index (χ0n) is 16.0. The van der Waals surface area contributed by atoms with E-state index in [1.807, 2.05) is 6.07 Å². The van der Waals surface area contributed by atoms with E-state index in [1.54, 1.807) is 12.3 Å². The van der Waals surface area contributed by atoms with Crippen LogP contribution >= 0.6 is 0 Å². The molecule has 2 aliphatic rings. The lowest BCUT2D eigenvalue weighted by Crippen LogP contribution is -2.34. The monoisotopic (exact) mass is 365 g/mol. The van der Waals surface area contributed by atoms with Crippen molar-refractivity contribution in [2.45, 2.75) is 44.6 Å². The molecule has 4 rings (SSSR count). The van der Waals surface area contributed by atoms with Gasteiger partial charge >= 0.3 is 0 Å². The minimum absolute atomic E-state index is 0.438. The normalized spacial score (nSPS) is 19.2. The predicted octanol–water partition coefficient (Wildman–Crippen LogP) is 2.45. The van der Waals surface area contributed by atoms with Gasteiger partial charge in [-0.3, -0.25) is 4.90 Å². The predicted molar refractivity (Wildman–Crippen MR) is 103 cm³/mol. The van der Waals surface area contributed by atoms with Gasteiger partial charge < -0.3 is 9.47 Å². The molecule has 2 fully saturated rings. The first-order valence-electron chi connectivity index (χ1n) is 9.96. The first kappa shape index (κ1) is 17.9. The van der Waals surface area contributed by atoms with Gasteiger partial charge in [0, 0.05) is 32.3 Å². The second-order valence-corrected chi connectivity index (χ2v) is 7.65. The van der Waals surface area contributed by atoms with E-state index in [0.717, 1.165) is 49.9 Å². The fourth-order valence-electron chi connectivity index (χ4n) is 4.21. The Kier molecular flexibility index (Phi) is 5.35. The number of hydrogen-bond acceptors (Lipinski definition) is 6. The topological polar surface area (TPSA) is 73.9 Å². The van der Waals surface area contributed by atoms with E-state index >= 15 is 0 Å². The maximum Gasteiger partial charge on any atom is 0.146 e. The lowest BCUT2D eigenvalue weighted by Gasteiger charge is -2.32. The summed E-state index contributed by atoms with van der Waals surface area (Å²) in [6, 6.07) is 5.82. The van der Waals surface area contributed by atoms with Crippen molar-refractivity contribution in [3.8, 4) is 6.07 Å². The van der Waals surface area contributed by atoms with Crippen LogP contribution in [0.4, 0.5) is 5.82 Å². The SMILES string of the molecule is Cn1c(CN2CCCCC2)nnc1C1CCN(c2cc(C#N)ccn2)CC1. The number of rotatable bonds is 4. The molecule has 0 atom stereocenters. The minimum Gasteiger partial charge on any atom is -0.357 e. The number of hydrogen-bond donors (Lipinski definition) is 0. The highest BCUT2D eigenvalue weighted by Crippen LogP contribution is 2.29. The molecular formula is C20H27N7. The Hall–Kier alpha value is -2.46. The average Bonchev–Trinajstić information content (AvgIpc) is 3.09. The molecule has 142 valence electrons. The lowest BCUT2D eigenvalue weighted by molar-refractivity contribution is 0.213. The van der Waals surface area contributed by atoms with Crippen LogP contribution in [-0.2, 0) is 13.6 Å². The summed E-state index contributed by atoms with van der Waals surface area (Å²) in [5.74, 6) is 3.53. The smallest absolute Gasteiger partial charge is 0.146 e. The van der Waals surface area contributed by atoms with Crippen LogP contribution in [0.3, 0.4) is 0 Å². The maximum atomic E-state index is 9.08. The quantitative estimate of drug-likeness (QED) is 0.829. The molecule has 2 aliphatic heterocycles. The second-order valence-electron chi connectivity index (χ2n) is 7.65. The Balaban J connectivity index is 1.39. The molecule has 0 saturated carbocycles. The van der Waals surface area contributed by atoms with Crippen molar-refractivity contribution in [1.29, 1.82) is 5.26 Å². The van der Waals surface area contributed by atoms with Crippen molar-refractivity contribution >= 4 is 5.82 Å². The number of pyridine rings is 1. The lowest BCUT2D eigenvalue weighted by atomic mass is 9.96. The van der Waals surface area contributed by atoms with Crippen LogP contribution in [-0.4, -0.2) is 50.8 Å². The average molecular weight is 365 g/mol. The molecule has 27 heavy (non-hydrogen) atoms. The van der Waals surface area contributed by atoms with Gasteiger partial charge in [0.05, 0.1) is 18.2 Å². The highest BCUT2D eigenvalue weighted by atomic mass is 15.3. The van der Waals surface area contributed by atoms with Gasteiger partial charge in [0.1, 0.15) is 17.5 Å². The van der Waals surface area contributed by atoms with Crippen molar-refractivity contribution in [3.63, 3.8) is 0 Å². The fraction of sp³-hybridized carbons (Fsp3) is 0.600. The molecular weight excluding hydrogens is 338 g/mol. The minimum atomic E-state index is 0.438. The molecule has 2 aromatic heterocycles. The van der Waals surface area contributed by atoms with Crippen molar-refractivity contribution in [2.24, 2.45) is 7.05 Å². The Labute approximate surface area is 160 Å². The van der Waals surface area contributed by atoms with E-state index in [1.165, 1.54) is 32.4 Å². The van der Waals surface area contributed by atoms with Crippen LogP contribution in [0, 0.1) is 11.3 Å². The number of nitriles is 1. The molecule has 0 radical (unpaired) electrons. The molecule has 4 heterocycles. The van der Waals surface area contributed by atoms with E-state index in [-0.39, 0.29) is 0 Å². The fourth-order valence-corrected chi connectivity index (χ4v) is 4.21. The van der Waals surface area contributed by atoms with Crippen LogP contribution < -0.4 is 4.90 Å². The number of anilines is 1. The third kappa shape index (κ3) is 3.96. The molecule has 0 N–H and O–H groups in total. The van der Waals surface area contributed by atoms with Crippen LogP contribution in [0.1, 0.15) is 55.2 Å². The summed E-state index contributed by atoms with van der Waals surface area (Å²) in [7, 11) is 2.11. The second kappa shape index (κ2) is 8.05. The van der Waals surface area contributed by atoms with Gasteiger partial charge in [-0.25, -0.2) is 4.98 Å². The summed E-state index contributed by atoms with van der Waals surface area (Å²) in [6.45, 7) is 5.12. The van der Waals surface area contributed by atoms with Gasteiger partial charge in [-0.05, 0) is 50.9 Å². The summed E-state index contributed by atoms with van der Waals surface area (Å²) < 4.78 is 2.21. The summed E-state index contributed by atoms with van der Waals surface area (Å²) >= 11 is 0. The van der Waals surface area contributed by atoms with E-state index in [9.17, 15) is 0 Å². The van der Waals surface area contributed by atoms with Gasteiger partial charge in [0.2, 0.25) is 0 Å². The Morgan fingerprint density at radius 3 is 2.63 bits per heavy atom. The summed E-state index contributed by atoms with van der Waals surface area (Å²) in [5, 5.41) is 18.1. The van der Waals surface area contributed by atoms with Crippen LogP contribution in [0.15, 0.2) is 18.3 Å². The van der Waals surface area contributed by atoms with E-state index in [4.69, 9.17) is 5.26 Å². The molecule has 0 bridgehead atoms. The van der Waals surface area contributed by atoms with Gasteiger partial charge in [0.25, 0.3) is 0 Å². The van der Waals surface area contributed by atoms with Crippen molar-refractivity contribution in [3.05, 3.63) is 35.5 Å². The molecule has 0 aliphatic carbocycles. The molecule has 0 amide bonds. The maximum absolute atomic E-state index is 9.08. The van der Waals surface area contributed by atoms with Gasteiger partial charge in [-0.2, -0.15) is 5.26 Å². The Morgan fingerprint density at radius 1 is 1.11 bits per heavy atom. The zero-order chi connectivity index (χ0) is 18.6. The van der Waals surface area contributed by atoms with Crippen molar-refractivity contribution in [2.75, 3.05) is 31.1 Å². The van der Waals surface area contributed by atoms with Crippen LogP contribution in [0.2, 0.25) is 0 Å². The first-order chi connectivity index (χ1) is 13.2. The highest BCUT2D eigenvalue weighted by Gasteiger charge is 2.26. The third-order valence-corrected chi connectivity index (χ3v) is 5.87. The van der Waals surface area contributed by atoms with E-state index < -0.39 is 0 Å². The van der Waals surface area contributed by atoms with Crippen LogP contribution in [0.25, 0.3) is 0 Å². The first-order valence-corrected chi connectivity index (χ1v) is 9.96. The third-order valence-electron chi connectivity index (χ3n) is 5.87. The molecule has 7 heteroatoms. The molecule has 2 saturated heterocycles. The Morgan fingerprint density at radius 2 is 1.89 bits per heavy atom. The summed E-state index contributed by atoms with van der Waals surface area (Å²) in [4.78, 5) is 9.19. The number of piperidine rings is 2. The Bertz CT molecular complexity index is 808. The number of aromatic nitrogens is 4. The van der Waals surface area contributed by atoms with Gasteiger partial charge in [-0.15, -0.1) is 10.2 Å². The molecule has 7 nitrogen and oxygen atoms in total. The largest absolute Gasteiger partial charge is 0.357 e. The molecule has 0 spiro atoms. The van der Waals surface area contributed by atoms with E-state index in [0.29, 0.717) is 11.5 Å². The number of likely N-dealkylation sites (tertiary alicyclic amines) is 1. The van der Waals surface area contributed by atoms with Crippen LogP contribution in [0.5, 0.6) is 0 Å². The summed E-state index contributed by atoms with van der Waals surface area (Å²) in [5.41, 5.74) is 0.665.